The Balaban J connectivity index is 1.50. The van der Waals surface area contributed by atoms with Crippen LogP contribution in [-0.4, -0.2) is 50.4 Å². The molecule has 8 heteroatoms. The molecule has 0 aliphatic carbocycles. The lowest BCUT2D eigenvalue weighted by atomic mass is 10.2. The predicted octanol–water partition coefficient (Wildman–Crippen LogP) is 2.76. The molecule has 142 valence electrons. The van der Waals surface area contributed by atoms with Crippen LogP contribution >= 0.6 is 0 Å². The number of anilines is 1. The van der Waals surface area contributed by atoms with Crippen LogP contribution in [0.5, 0.6) is 0 Å². The third kappa shape index (κ3) is 3.39. The molecule has 2 aliphatic heterocycles. The zero-order chi connectivity index (χ0) is 19.2. The Morgan fingerprint density at radius 1 is 1.19 bits per heavy atom. The molecule has 0 aromatic carbocycles. The first kappa shape index (κ1) is 17.5. The minimum atomic E-state index is -0.654. The van der Waals surface area contributed by atoms with E-state index in [1.807, 2.05) is 18.3 Å². The van der Waals surface area contributed by atoms with Crippen molar-refractivity contribution in [3.05, 3.63) is 35.8 Å². The summed E-state index contributed by atoms with van der Waals surface area (Å²) in [5.41, 5.74) is 1.41. The van der Waals surface area contributed by atoms with Gasteiger partial charge in [-0.3, -0.25) is 4.79 Å². The molecule has 0 unspecified atom stereocenters. The molecule has 0 spiro atoms. The van der Waals surface area contributed by atoms with Gasteiger partial charge in [0.1, 0.15) is 5.60 Å². The minimum Gasteiger partial charge on any atom is -0.443 e. The molecular weight excluding hydrogens is 346 g/mol. The average Bonchev–Trinajstić information content (AvgIpc) is 3.31. The van der Waals surface area contributed by atoms with Crippen LogP contribution in [0.25, 0.3) is 5.82 Å². The van der Waals surface area contributed by atoms with Crippen LogP contribution in [0.4, 0.5) is 10.5 Å². The van der Waals surface area contributed by atoms with Crippen LogP contribution < -0.4 is 4.90 Å². The van der Waals surface area contributed by atoms with Gasteiger partial charge in [0.05, 0.1) is 29.7 Å². The van der Waals surface area contributed by atoms with Gasteiger partial charge in [-0.1, -0.05) is 0 Å². The number of pyridine rings is 1. The van der Waals surface area contributed by atoms with E-state index < -0.39 is 11.7 Å². The molecule has 0 radical (unpaired) electrons. The first-order valence-electron chi connectivity index (χ1n) is 9.16. The second-order valence-electron chi connectivity index (χ2n) is 7.87. The van der Waals surface area contributed by atoms with Crippen molar-refractivity contribution in [1.29, 1.82) is 0 Å². The van der Waals surface area contributed by atoms with E-state index in [1.165, 1.54) is 12.8 Å². The molecule has 27 heavy (non-hydrogen) atoms. The summed E-state index contributed by atoms with van der Waals surface area (Å²) in [6.07, 6.45) is 5.24. The van der Waals surface area contributed by atoms with Gasteiger partial charge in [0, 0.05) is 19.3 Å². The summed E-state index contributed by atoms with van der Waals surface area (Å²) in [5, 5.41) is 4.44. The van der Waals surface area contributed by atoms with Gasteiger partial charge in [-0.25, -0.2) is 19.4 Å². The van der Waals surface area contributed by atoms with E-state index in [4.69, 9.17) is 4.74 Å². The van der Waals surface area contributed by atoms with E-state index in [9.17, 15) is 9.59 Å². The van der Waals surface area contributed by atoms with Crippen LogP contribution in [-0.2, 0) is 11.3 Å². The second kappa shape index (κ2) is 6.37. The number of rotatable bonds is 2. The lowest BCUT2D eigenvalue weighted by Gasteiger charge is -2.23. The fourth-order valence-corrected chi connectivity index (χ4v) is 3.33. The van der Waals surface area contributed by atoms with Gasteiger partial charge in [-0.05, 0) is 45.7 Å². The quantitative estimate of drug-likeness (QED) is 0.810. The second-order valence-corrected chi connectivity index (χ2v) is 7.87. The van der Waals surface area contributed by atoms with Crippen molar-refractivity contribution in [2.24, 2.45) is 0 Å². The molecule has 8 nitrogen and oxygen atoms in total. The number of nitrogens with zero attached hydrogens (tertiary/aromatic N) is 5. The summed E-state index contributed by atoms with van der Waals surface area (Å²) in [5.74, 6) is 0.253. The van der Waals surface area contributed by atoms with Crippen LogP contribution in [0.2, 0.25) is 0 Å². The lowest BCUT2D eigenvalue weighted by Crippen LogP contribution is -2.37. The molecule has 4 rings (SSSR count). The smallest absolute Gasteiger partial charge is 0.417 e. The van der Waals surface area contributed by atoms with E-state index >= 15 is 0 Å². The van der Waals surface area contributed by atoms with Gasteiger partial charge in [-0.2, -0.15) is 5.10 Å². The highest BCUT2D eigenvalue weighted by Crippen LogP contribution is 2.25. The van der Waals surface area contributed by atoms with Crippen molar-refractivity contribution in [1.82, 2.24) is 19.7 Å². The standard InChI is InChI=1S/C19H23N5O3/c1-19(2,3)27-18(26)23-12-15-14(17(23)25)11-24(21-15)16-7-6-13(10-20-16)22-8-4-5-9-22/h6-7,10-11H,4-5,8-9,12H2,1-3H3. The third-order valence-corrected chi connectivity index (χ3v) is 4.63. The highest BCUT2D eigenvalue weighted by atomic mass is 16.6. The van der Waals surface area contributed by atoms with Crippen molar-refractivity contribution >= 4 is 17.7 Å². The monoisotopic (exact) mass is 369 g/mol. The molecule has 4 heterocycles. The number of fused-ring (bicyclic) bond motifs is 1. The van der Waals surface area contributed by atoms with Gasteiger partial charge in [-0.15, -0.1) is 0 Å². The Hall–Kier alpha value is -2.90. The Labute approximate surface area is 157 Å². The summed E-state index contributed by atoms with van der Waals surface area (Å²) >= 11 is 0. The summed E-state index contributed by atoms with van der Waals surface area (Å²) in [6.45, 7) is 7.53. The van der Waals surface area contributed by atoms with Crippen molar-refractivity contribution < 1.29 is 14.3 Å². The maximum absolute atomic E-state index is 12.5. The molecule has 0 saturated carbocycles. The largest absolute Gasteiger partial charge is 0.443 e. The van der Waals surface area contributed by atoms with Gasteiger partial charge >= 0.3 is 6.09 Å². The summed E-state index contributed by atoms with van der Waals surface area (Å²) in [4.78, 5) is 32.6. The molecule has 1 saturated heterocycles. The molecule has 1 fully saturated rings. The topological polar surface area (TPSA) is 80.6 Å². The number of ether oxygens (including phenoxy) is 1. The average molecular weight is 369 g/mol. The van der Waals surface area contributed by atoms with Crippen molar-refractivity contribution in [3.63, 3.8) is 0 Å². The van der Waals surface area contributed by atoms with E-state index in [2.05, 4.69) is 15.0 Å². The maximum atomic E-state index is 12.5. The molecule has 0 atom stereocenters. The number of hydrogen-bond acceptors (Lipinski definition) is 6. The molecule has 0 N–H and O–H groups in total. The Bertz CT molecular complexity index is 876. The fourth-order valence-electron chi connectivity index (χ4n) is 3.33. The molecule has 2 aliphatic rings. The lowest BCUT2D eigenvalue weighted by molar-refractivity contribution is 0.0246. The van der Waals surface area contributed by atoms with Crippen LogP contribution in [0.3, 0.4) is 0 Å². The molecule has 2 aromatic rings. The van der Waals surface area contributed by atoms with Gasteiger partial charge in [0.25, 0.3) is 5.91 Å². The molecule has 0 bridgehead atoms. The van der Waals surface area contributed by atoms with Crippen molar-refractivity contribution in [2.75, 3.05) is 18.0 Å². The number of imide groups is 1. The summed E-state index contributed by atoms with van der Waals surface area (Å²) < 4.78 is 6.87. The van der Waals surface area contributed by atoms with Gasteiger partial charge in [0.15, 0.2) is 5.82 Å². The number of aromatic nitrogens is 3. The fraction of sp³-hybridized carbons (Fsp3) is 0.474. The van der Waals surface area contributed by atoms with E-state index in [-0.39, 0.29) is 12.5 Å². The summed E-state index contributed by atoms with van der Waals surface area (Å²) in [6, 6.07) is 3.92. The first-order chi connectivity index (χ1) is 12.8. The molecular formula is C19H23N5O3. The van der Waals surface area contributed by atoms with Crippen molar-refractivity contribution in [3.8, 4) is 5.82 Å². The van der Waals surface area contributed by atoms with E-state index in [0.717, 1.165) is 23.7 Å². The Morgan fingerprint density at radius 2 is 1.93 bits per heavy atom. The number of hydrogen-bond donors (Lipinski definition) is 0. The predicted molar refractivity (Wildman–Crippen MR) is 98.9 cm³/mol. The Morgan fingerprint density at radius 3 is 2.52 bits per heavy atom. The van der Waals surface area contributed by atoms with E-state index in [0.29, 0.717) is 17.1 Å². The van der Waals surface area contributed by atoms with Gasteiger partial charge < -0.3 is 9.64 Å². The number of carbonyl (C=O) groups is 2. The van der Waals surface area contributed by atoms with Crippen LogP contribution in [0, 0.1) is 0 Å². The third-order valence-electron chi connectivity index (χ3n) is 4.63. The number of carbonyl (C=O) groups excluding carboxylic acids is 2. The molecule has 2 amide bonds. The SMILES string of the molecule is CC(C)(C)OC(=O)N1Cc2nn(-c3ccc(N4CCCC4)cn3)cc2C1=O. The zero-order valence-electron chi connectivity index (χ0n) is 15.8. The normalized spacial score (nSPS) is 16.8. The van der Waals surface area contributed by atoms with Crippen LogP contribution in [0.15, 0.2) is 24.5 Å². The van der Waals surface area contributed by atoms with Crippen LogP contribution in [0.1, 0.15) is 49.7 Å². The van der Waals surface area contributed by atoms with Crippen molar-refractivity contribution in [2.45, 2.75) is 45.8 Å². The Kier molecular flexibility index (Phi) is 4.13. The van der Waals surface area contributed by atoms with Gasteiger partial charge in [0.2, 0.25) is 0 Å². The minimum absolute atomic E-state index is 0.113. The highest BCUT2D eigenvalue weighted by Gasteiger charge is 2.37. The molecule has 2 aromatic heterocycles. The zero-order valence-corrected chi connectivity index (χ0v) is 15.8. The maximum Gasteiger partial charge on any atom is 0.417 e. The number of amides is 2. The summed E-state index contributed by atoms with van der Waals surface area (Å²) in [7, 11) is 0. The van der Waals surface area contributed by atoms with E-state index in [1.54, 1.807) is 31.6 Å². The highest BCUT2D eigenvalue weighted by molar-refractivity contribution is 6.06. The first-order valence-corrected chi connectivity index (χ1v) is 9.16.